The van der Waals surface area contributed by atoms with E-state index in [0.29, 0.717) is 29.1 Å². The summed E-state index contributed by atoms with van der Waals surface area (Å²) in [4.78, 5) is 14.3. The molecule has 6 heteroatoms. The normalized spacial score (nSPS) is 13.1. The number of halogens is 1. The maximum Gasteiger partial charge on any atom is 0.336 e. The van der Waals surface area contributed by atoms with Crippen molar-refractivity contribution in [3.8, 4) is 22.6 Å². The van der Waals surface area contributed by atoms with Crippen LogP contribution in [0.4, 0.5) is 10.1 Å². The van der Waals surface area contributed by atoms with Crippen LogP contribution < -0.4 is 20.0 Å². The molecule has 5 rings (SSSR count). The second-order valence-electron chi connectivity index (χ2n) is 7.53. The molecule has 0 N–H and O–H groups in total. The molecule has 0 spiro atoms. The Morgan fingerprint density at radius 1 is 1.03 bits per heavy atom. The summed E-state index contributed by atoms with van der Waals surface area (Å²) in [5.41, 5.74) is 3.75. The van der Waals surface area contributed by atoms with Crippen molar-refractivity contribution in [2.24, 2.45) is 0 Å². The van der Waals surface area contributed by atoms with E-state index in [-0.39, 0.29) is 12.5 Å². The molecule has 4 aromatic rings. The standard InChI is InChI=1S/C25H20FNO4/c1-15-3-6-17(11-22(15)26)27-13-21-23(30-14-27)10-9-19-20(12-24(28)31-25(19)21)16-4-7-18(29-2)8-5-16/h3-12H,13-14H2,1-2H3. The van der Waals surface area contributed by atoms with Crippen molar-refractivity contribution in [3.05, 3.63) is 88.0 Å². The van der Waals surface area contributed by atoms with Crippen LogP contribution in [0, 0.1) is 12.7 Å². The molecule has 1 aromatic heterocycles. The summed E-state index contributed by atoms with van der Waals surface area (Å²) in [6, 6.07) is 17.9. The number of aryl methyl sites for hydroxylation is 1. The molecule has 3 aromatic carbocycles. The van der Waals surface area contributed by atoms with Crippen LogP contribution in [0.3, 0.4) is 0 Å². The topological polar surface area (TPSA) is 51.9 Å². The van der Waals surface area contributed by atoms with E-state index in [2.05, 4.69) is 0 Å². The summed E-state index contributed by atoms with van der Waals surface area (Å²) in [7, 11) is 1.61. The van der Waals surface area contributed by atoms with Gasteiger partial charge in [-0.3, -0.25) is 0 Å². The number of hydrogen-bond donors (Lipinski definition) is 0. The highest BCUT2D eigenvalue weighted by atomic mass is 19.1. The Labute approximate surface area is 178 Å². The Bertz CT molecular complexity index is 1340. The molecule has 1 aliphatic heterocycles. The average molecular weight is 417 g/mol. The largest absolute Gasteiger partial charge is 0.497 e. The van der Waals surface area contributed by atoms with Gasteiger partial charge in [0, 0.05) is 17.1 Å². The number of nitrogens with zero attached hydrogens (tertiary/aromatic N) is 1. The Morgan fingerprint density at radius 2 is 1.84 bits per heavy atom. The maximum absolute atomic E-state index is 14.1. The molecular formula is C25H20FNO4. The first-order valence-electron chi connectivity index (χ1n) is 9.91. The van der Waals surface area contributed by atoms with Gasteiger partial charge in [-0.25, -0.2) is 9.18 Å². The fraction of sp³-hybridized carbons (Fsp3) is 0.160. The van der Waals surface area contributed by atoms with E-state index >= 15 is 0 Å². The fourth-order valence-corrected chi connectivity index (χ4v) is 3.89. The Hall–Kier alpha value is -3.80. The number of fused-ring (bicyclic) bond motifs is 3. The van der Waals surface area contributed by atoms with Gasteiger partial charge >= 0.3 is 5.63 Å². The van der Waals surface area contributed by atoms with Crippen molar-refractivity contribution < 1.29 is 18.3 Å². The van der Waals surface area contributed by atoms with Crippen LogP contribution in [0.5, 0.6) is 11.5 Å². The van der Waals surface area contributed by atoms with E-state index in [1.165, 1.54) is 12.1 Å². The predicted molar refractivity (Wildman–Crippen MR) is 117 cm³/mol. The van der Waals surface area contributed by atoms with Gasteiger partial charge < -0.3 is 18.8 Å². The summed E-state index contributed by atoms with van der Waals surface area (Å²) in [5, 5.41) is 0.809. The SMILES string of the molecule is COc1ccc(-c2cc(=O)oc3c4c(ccc23)OCN(c2ccc(C)c(F)c2)C4)cc1. The lowest BCUT2D eigenvalue weighted by molar-refractivity contribution is 0.289. The van der Waals surface area contributed by atoms with Crippen molar-refractivity contribution in [1.29, 1.82) is 0 Å². The smallest absolute Gasteiger partial charge is 0.336 e. The lowest BCUT2D eigenvalue weighted by Crippen LogP contribution is -2.32. The van der Waals surface area contributed by atoms with Crippen molar-refractivity contribution in [2.75, 3.05) is 18.7 Å². The number of hydrogen-bond acceptors (Lipinski definition) is 5. The van der Waals surface area contributed by atoms with Gasteiger partial charge in [-0.2, -0.15) is 0 Å². The molecule has 0 radical (unpaired) electrons. The molecule has 0 saturated heterocycles. The molecule has 31 heavy (non-hydrogen) atoms. The molecule has 0 aliphatic carbocycles. The summed E-state index contributed by atoms with van der Waals surface area (Å²) in [6.45, 7) is 2.44. The molecule has 2 heterocycles. The van der Waals surface area contributed by atoms with Crippen molar-refractivity contribution >= 4 is 16.7 Å². The van der Waals surface area contributed by atoms with Gasteiger partial charge in [-0.15, -0.1) is 0 Å². The molecule has 0 amide bonds. The summed E-state index contributed by atoms with van der Waals surface area (Å²) in [6.07, 6.45) is 0. The highest BCUT2D eigenvalue weighted by Crippen LogP contribution is 2.37. The van der Waals surface area contributed by atoms with Crippen molar-refractivity contribution in [1.82, 2.24) is 0 Å². The molecule has 0 bridgehead atoms. The zero-order chi connectivity index (χ0) is 21.5. The number of benzene rings is 3. The third-order valence-electron chi connectivity index (χ3n) is 5.62. The molecule has 0 saturated carbocycles. The number of rotatable bonds is 3. The van der Waals surface area contributed by atoms with Gasteiger partial charge in [0.15, 0.2) is 6.73 Å². The van der Waals surface area contributed by atoms with Gasteiger partial charge in [-0.1, -0.05) is 18.2 Å². The third kappa shape index (κ3) is 3.40. The third-order valence-corrected chi connectivity index (χ3v) is 5.62. The zero-order valence-corrected chi connectivity index (χ0v) is 17.1. The van der Waals surface area contributed by atoms with Gasteiger partial charge in [0.1, 0.15) is 22.9 Å². The maximum atomic E-state index is 14.1. The van der Waals surface area contributed by atoms with E-state index in [9.17, 15) is 9.18 Å². The van der Waals surface area contributed by atoms with Crippen molar-refractivity contribution in [2.45, 2.75) is 13.5 Å². The lowest BCUT2D eigenvalue weighted by Gasteiger charge is -2.31. The van der Waals surface area contributed by atoms with Gasteiger partial charge in [0.05, 0.1) is 19.2 Å². The van der Waals surface area contributed by atoms with Crippen LogP contribution in [-0.2, 0) is 6.54 Å². The highest BCUT2D eigenvalue weighted by molar-refractivity contribution is 5.96. The van der Waals surface area contributed by atoms with Gasteiger partial charge in [0.25, 0.3) is 0 Å². The summed E-state index contributed by atoms with van der Waals surface area (Å²) >= 11 is 0. The van der Waals surface area contributed by atoms with Gasteiger partial charge in [0.2, 0.25) is 0 Å². The monoisotopic (exact) mass is 417 g/mol. The zero-order valence-electron chi connectivity index (χ0n) is 17.1. The molecule has 0 fully saturated rings. The Balaban J connectivity index is 1.62. The predicted octanol–water partition coefficient (Wildman–Crippen LogP) is 5.27. The quantitative estimate of drug-likeness (QED) is 0.425. The number of methoxy groups -OCH3 is 1. The highest BCUT2D eigenvalue weighted by Gasteiger charge is 2.23. The number of ether oxygens (including phenoxy) is 2. The Kier molecular flexibility index (Phi) is 4.62. The second kappa shape index (κ2) is 7.47. The van der Waals surface area contributed by atoms with Crippen LogP contribution in [0.2, 0.25) is 0 Å². The van der Waals surface area contributed by atoms with Crippen LogP contribution in [0.25, 0.3) is 22.1 Å². The molecule has 156 valence electrons. The second-order valence-corrected chi connectivity index (χ2v) is 7.53. The minimum absolute atomic E-state index is 0.269. The molecule has 0 atom stereocenters. The first-order valence-corrected chi connectivity index (χ1v) is 9.91. The first kappa shape index (κ1) is 19.2. The minimum atomic E-state index is -0.440. The van der Waals surface area contributed by atoms with Crippen LogP contribution in [-0.4, -0.2) is 13.8 Å². The first-order chi connectivity index (χ1) is 15.0. The number of anilines is 1. The lowest BCUT2D eigenvalue weighted by atomic mass is 9.99. The Morgan fingerprint density at radius 3 is 2.58 bits per heavy atom. The summed E-state index contributed by atoms with van der Waals surface area (Å²) in [5.74, 6) is 1.13. The van der Waals surface area contributed by atoms with Crippen LogP contribution >= 0.6 is 0 Å². The van der Waals surface area contributed by atoms with E-state index in [1.54, 1.807) is 20.1 Å². The van der Waals surface area contributed by atoms with E-state index in [0.717, 1.165) is 27.8 Å². The van der Waals surface area contributed by atoms with Crippen LogP contribution in [0.15, 0.2) is 69.9 Å². The molecular weight excluding hydrogens is 397 g/mol. The fourth-order valence-electron chi connectivity index (χ4n) is 3.89. The minimum Gasteiger partial charge on any atom is -0.497 e. The molecule has 5 nitrogen and oxygen atoms in total. The average Bonchev–Trinajstić information content (AvgIpc) is 2.80. The van der Waals surface area contributed by atoms with Crippen molar-refractivity contribution in [3.63, 3.8) is 0 Å². The molecule has 1 aliphatic rings. The van der Waals surface area contributed by atoms with Crippen LogP contribution in [0.1, 0.15) is 11.1 Å². The van der Waals surface area contributed by atoms with E-state index < -0.39 is 5.63 Å². The van der Waals surface area contributed by atoms with E-state index in [1.807, 2.05) is 47.4 Å². The van der Waals surface area contributed by atoms with E-state index in [4.69, 9.17) is 13.9 Å². The van der Waals surface area contributed by atoms with Gasteiger partial charge in [-0.05, 0) is 60.0 Å². The molecule has 0 unspecified atom stereocenters. The summed E-state index contributed by atoms with van der Waals surface area (Å²) < 4.78 is 30.9.